The number of ether oxygens (including phenoxy) is 1. The zero-order valence-corrected chi connectivity index (χ0v) is 15.8. The minimum atomic E-state index is -0.580. The van der Waals surface area contributed by atoms with E-state index in [1.807, 2.05) is 33.8 Å². The molecule has 0 saturated carbocycles. The predicted molar refractivity (Wildman–Crippen MR) is 96.1 cm³/mol. The van der Waals surface area contributed by atoms with Gasteiger partial charge in [0, 0.05) is 11.1 Å². The van der Waals surface area contributed by atoms with Crippen LogP contribution in [0.2, 0.25) is 0 Å². The number of aromatic nitrogens is 1. The Hall–Kier alpha value is -1.84. The third-order valence-corrected chi connectivity index (χ3v) is 3.68. The maximum atomic E-state index is 14.1. The highest BCUT2D eigenvalue weighted by Gasteiger charge is 2.25. The molecule has 3 nitrogen and oxygen atoms in total. The molecule has 0 bridgehead atoms. The molecule has 0 fully saturated rings. The van der Waals surface area contributed by atoms with Gasteiger partial charge in [0.05, 0.1) is 5.52 Å². The molecular weight excluding hydrogens is 305 g/mol. The molecule has 1 aromatic heterocycles. The maximum absolute atomic E-state index is 14.1. The first-order valence-electron chi connectivity index (χ1n) is 8.47. The third kappa shape index (κ3) is 4.16. The quantitative estimate of drug-likeness (QED) is 0.704. The average molecular weight is 333 g/mol. The van der Waals surface area contributed by atoms with Gasteiger partial charge in [-0.3, -0.25) is 0 Å². The van der Waals surface area contributed by atoms with E-state index in [4.69, 9.17) is 4.74 Å². The summed E-state index contributed by atoms with van der Waals surface area (Å²) >= 11 is 0. The molecule has 0 saturated heterocycles. The van der Waals surface area contributed by atoms with Gasteiger partial charge in [0.2, 0.25) is 0 Å². The van der Waals surface area contributed by atoms with Crippen molar-refractivity contribution < 1.29 is 13.9 Å². The van der Waals surface area contributed by atoms with Crippen molar-refractivity contribution in [3.05, 3.63) is 35.3 Å². The average Bonchev–Trinajstić information content (AvgIpc) is 2.73. The van der Waals surface area contributed by atoms with Crippen LogP contribution in [0.4, 0.5) is 9.18 Å². The SMILES string of the molecule is CCc1cc2cc(F)cc(CC(C)(C)C)c2n1C(=O)OC(C)(C)C. The van der Waals surface area contributed by atoms with Gasteiger partial charge >= 0.3 is 6.09 Å². The topological polar surface area (TPSA) is 31.2 Å². The number of nitrogens with zero attached hydrogens (tertiary/aromatic N) is 1. The third-order valence-electron chi connectivity index (χ3n) is 3.68. The van der Waals surface area contributed by atoms with Crippen LogP contribution in [0.15, 0.2) is 18.2 Å². The molecule has 0 aliphatic rings. The van der Waals surface area contributed by atoms with Crippen LogP contribution in [0.25, 0.3) is 10.9 Å². The number of benzene rings is 1. The van der Waals surface area contributed by atoms with Gasteiger partial charge in [-0.2, -0.15) is 0 Å². The molecule has 0 atom stereocenters. The van der Waals surface area contributed by atoms with Gasteiger partial charge in [-0.1, -0.05) is 27.7 Å². The van der Waals surface area contributed by atoms with Crippen LogP contribution >= 0.6 is 0 Å². The number of hydrogen-bond acceptors (Lipinski definition) is 2. The number of aryl methyl sites for hydroxylation is 1. The number of carbonyl (C=O) groups is 1. The molecule has 1 aromatic carbocycles. The summed E-state index contributed by atoms with van der Waals surface area (Å²) in [7, 11) is 0. The maximum Gasteiger partial charge on any atom is 0.419 e. The summed E-state index contributed by atoms with van der Waals surface area (Å²) in [6.45, 7) is 13.8. The Morgan fingerprint density at radius 2 is 1.75 bits per heavy atom. The highest BCUT2D eigenvalue weighted by molar-refractivity contribution is 5.93. The predicted octanol–water partition coefficient (Wildman–Crippen LogP) is 5.71. The highest BCUT2D eigenvalue weighted by atomic mass is 19.1. The summed E-state index contributed by atoms with van der Waals surface area (Å²) in [5.74, 6) is -0.272. The molecule has 0 amide bonds. The molecule has 4 heteroatoms. The standard InChI is InChI=1S/C20H28FNO2/c1-8-16-11-13-9-15(21)10-14(12-19(2,3)4)17(13)22(16)18(23)24-20(5,6)7/h9-11H,8,12H2,1-7H3. The number of carbonyl (C=O) groups excluding carboxylic acids is 1. The summed E-state index contributed by atoms with van der Waals surface area (Å²) in [5.41, 5.74) is 1.83. The molecular formula is C20H28FNO2. The van der Waals surface area contributed by atoms with E-state index < -0.39 is 11.7 Å². The first-order valence-corrected chi connectivity index (χ1v) is 8.47. The van der Waals surface area contributed by atoms with Gasteiger partial charge in [-0.15, -0.1) is 0 Å². The van der Waals surface area contributed by atoms with Gasteiger partial charge in [-0.05, 0) is 62.8 Å². The van der Waals surface area contributed by atoms with Crippen LogP contribution in [0, 0.1) is 11.2 Å². The second-order valence-corrected chi connectivity index (χ2v) is 8.55. The van der Waals surface area contributed by atoms with E-state index >= 15 is 0 Å². The second-order valence-electron chi connectivity index (χ2n) is 8.55. The van der Waals surface area contributed by atoms with Crippen molar-refractivity contribution in [3.8, 4) is 0 Å². The summed E-state index contributed by atoms with van der Waals surface area (Å²) < 4.78 is 21.3. The highest BCUT2D eigenvalue weighted by Crippen LogP contribution is 2.31. The first-order chi connectivity index (χ1) is 10.9. The van der Waals surface area contributed by atoms with Crippen molar-refractivity contribution in [1.82, 2.24) is 4.57 Å². The lowest BCUT2D eigenvalue weighted by molar-refractivity contribution is 0.0540. The summed E-state index contributed by atoms with van der Waals surface area (Å²) in [6, 6.07) is 4.91. The Balaban J connectivity index is 2.70. The van der Waals surface area contributed by atoms with E-state index in [9.17, 15) is 9.18 Å². The lowest BCUT2D eigenvalue weighted by atomic mass is 9.87. The zero-order chi connectivity index (χ0) is 18.3. The van der Waals surface area contributed by atoms with Crippen molar-refractivity contribution in [2.24, 2.45) is 5.41 Å². The van der Waals surface area contributed by atoms with Gasteiger partial charge in [-0.25, -0.2) is 13.8 Å². The molecule has 1 heterocycles. The second kappa shape index (κ2) is 6.23. The van der Waals surface area contributed by atoms with Crippen molar-refractivity contribution in [2.45, 2.75) is 66.9 Å². The lowest BCUT2D eigenvalue weighted by Crippen LogP contribution is -2.28. The number of fused-ring (bicyclic) bond motifs is 1. The largest absolute Gasteiger partial charge is 0.443 e. The fraction of sp³-hybridized carbons (Fsp3) is 0.550. The van der Waals surface area contributed by atoms with Gasteiger partial charge in [0.15, 0.2) is 0 Å². The van der Waals surface area contributed by atoms with Crippen molar-refractivity contribution in [1.29, 1.82) is 0 Å². The van der Waals surface area contributed by atoms with E-state index in [1.165, 1.54) is 12.1 Å². The number of rotatable bonds is 2. The Morgan fingerprint density at radius 3 is 2.25 bits per heavy atom. The Labute approximate surface area is 143 Å². The molecule has 0 unspecified atom stereocenters. The van der Waals surface area contributed by atoms with Gasteiger partial charge in [0.25, 0.3) is 0 Å². The molecule has 0 aliphatic carbocycles. The van der Waals surface area contributed by atoms with Crippen LogP contribution in [-0.2, 0) is 17.6 Å². The Morgan fingerprint density at radius 1 is 1.12 bits per heavy atom. The van der Waals surface area contributed by atoms with E-state index in [-0.39, 0.29) is 11.2 Å². The molecule has 0 aliphatic heterocycles. The zero-order valence-electron chi connectivity index (χ0n) is 15.8. The van der Waals surface area contributed by atoms with E-state index in [0.717, 1.165) is 22.2 Å². The Bertz CT molecular complexity index is 761. The molecule has 24 heavy (non-hydrogen) atoms. The number of hydrogen-bond donors (Lipinski definition) is 0. The molecule has 132 valence electrons. The lowest BCUT2D eigenvalue weighted by Gasteiger charge is -2.23. The first kappa shape index (κ1) is 18.5. The molecule has 0 spiro atoms. The summed E-state index contributed by atoms with van der Waals surface area (Å²) in [4.78, 5) is 12.8. The fourth-order valence-electron chi connectivity index (χ4n) is 2.93. The van der Waals surface area contributed by atoms with Gasteiger partial charge < -0.3 is 4.74 Å². The van der Waals surface area contributed by atoms with Crippen LogP contribution in [-0.4, -0.2) is 16.3 Å². The molecule has 2 aromatic rings. The van der Waals surface area contributed by atoms with E-state index in [2.05, 4.69) is 20.8 Å². The normalized spacial score (nSPS) is 12.7. The number of halogens is 1. The fourth-order valence-corrected chi connectivity index (χ4v) is 2.93. The van der Waals surface area contributed by atoms with Crippen LogP contribution in [0.3, 0.4) is 0 Å². The smallest absolute Gasteiger partial charge is 0.419 e. The van der Waals surface area contributed by atoms with Crippen molar-refractivity contribution in [3.63, 3.8) is 0 Å². The summed E-state index contributed by atoms with van der Waals surface area (Å²) in [6.07, 6.45) is 0.943. The minimum absolute atomic E-state index is 0.0177. The molecule has 2 rings (SSSR count). The van der Waals surface area contributed by atoms with Gasteiger partial charge in [0.1, 0.15) is 11.4 Å². The van der Waals surface area contributed by atoms with Crippen molar-refractivity contribution in [2.75, 3.05) is 0 Å². The molecule has 0 N–H and O–H groups in total. The minimum Gasteiger partial charge on any atom is -0.443 e. The van der Waals surface area contributed by atoms with Crippen molar-refractivity contribution >= 4 is 17.0 Å². The van der Waals surface area contributed by atoms with Crippen LogP contribution < -0.4 is 0 Å². The monoisotopic (exact) mass is 333 g/mol. The van der Waals surface area contributed by atoms with Crippen LogP contribution in [0.5, 0.6) is 0 Å². The van der Waals surface area contributed by atoms with E-state index in [0.29, 0.717) is 12.8 Å². The Kier molecular flexibility index (Phi) is 4.80. The van der Waals surface area contributed by atoms with Crippen LogP contribution in [0.1, 0.15) is 59.7 Å². The summed E-state index contributed by atoms with van der Waals surface area (Å²) in [5, 5.41) is 0.747. The van der Waals surface area contributed by atoms with E-state index in [1.54, 1.807) is 4.57 Å². The molecule has 0 radical (unpaired) electrons.